The number of nitrogens with one attached hydrogen (secondary N) is 2. The average Bonchev–Trinajstić information content (AvgIpc) is 4.32. The number of ether oxygens (including phenoxy) is 1. The van der Waals surface area contributed by atoms with Crippen LogP contribution in [0.2, 0.25) is 0 Å². The number of aromatic nitrogens is 12. The van der Waals surface area contributed by atoms with Crippen LogP contribution in [0.3, 0.4) is 0 Å². The number of aliphatic carboxylic acids is 1. The lowest BCUT2D eigenvalue weighted by molar-refractivity contribution is -0.142. The molecule has 6 aromatic heterocycles. The van der Waals surface area contributed by atoms with Crippen LogP contribution < -0.4 is 20.4 Å². The Kier molecular flexibility index (Phi) is 15.7. The molecule has 8 aromatic rings. The van der Waals surface area contributed by atoms with Crippen molar-refractivity contribution in [1.82, 2.24) is 59.9 Å². The van der Waals surface area contributed by atoms with E-state index in [2.05, 4.69) is 53.4 Å². The topological polar surface area (TPSA) is 302 Å². The van der Waals surface area contributed by atoms with Gasteiger partial charge in [0.05, 0.1) is 96.0 Å². The highest BCUT2D eigenvalue weighted by molar-refractivity contribution is 5.80. The van der Waals surface area contributed by atoms with Crippen molar-refractivity contribution in [3.63, 3.8) is 0 Å². The van der Waals surface area contributed by atoms with Gasteiger partial charge < -0.3 is 40.5 Å². The number of carboxylic acids is 1. The molecule has 2 fully saturated rings. The van der Waals surface area contributed by atoms with Gasteiger partial charge in [0.15, 0.2) is 0 Å². The van der Waals surface area contributed by atoms with Crippen LogP contribution in [-0.4, -0.2) is 150 Å². The standard InChI is InChI=1S/C57H58N18O6/c1-56(2,79)33-60-54-64-42(37-13-6-11-35(21-37)26-58)24-44(66-54)46-32-73(71-68-46)29-40-16-9-19-51(63-40)75-30-41(23-49(75)52(76)77)59-27-36-12-7-14-38(22-36)43-25-45(67-55(65-43)61-34-57(3,4)80)47-31-72(70-69-47)28-39-15-8-18-50(62-39)74-20-10-17-48(74)53(78)81-5/h6-9,11-16,18-19,21-22,24-25,31-32,41,48-49,79-80H,10,17,20,23,28-30,33-34H2,1-5H3,(H2-,60,61,64,65,66,67,76,77)/p+1/t41?,48-,49-/m0/s1. The maximum Gasteiger partial charge on any atom is 0.328 e. The molecule has 2 saturated heterocycles. The van der Waals surface area contributed by atoms with Crippen molar-refractivity contribution in [3.05, 3.63) is 137 Å². The number of carbonyl (C=O) groups excluding carboxylic acids is 1. The number of pyridine rings is 2. The van der Waals surface area contributed by atoms with Crippen molar-refractivity contribution in [2.45, 2.75) is 89.4 Å². The van der Waals surface area contributed by atoms with Crippen LogP contribution in [0.15, 0.2) is 109 Å². The van der Waals surface area contributed by atoms with Gasteiger partial charge in [0.2, 0.25) is 11.9 Å². The number of nitriles is 1. The molecule has 0 radical (unpaired) electrons. The van der Waals surface area contributed by atoms with Crippen LogP contribution in [0, 0.1) is 17.4 Å². The predicted molar refractivity (Wildman–Crippen MR) is 300 cm³/mol. The fourth-order valence-electron chi connectivity index (χ4n) is 9.43. The molecule has 10 rings (SSSR count). The van der Waals surface area contributed by atoms with Gasteiger partial charge >= 0.3 is 18.0 Å². The zero-order chi connectivity index (χ0) is 56.8. The largest absolute Gasteiger partial charge is 0.480 e. The highest BCUT2D eigenvalue weighted by atomic mass is 16.5. The van der Waals surface area contributed by atoms with E-state index in [9.17, 15) is 30.2 Å². The Morgan fingerprint density at radius 3 is 1.73 bits per heavy atom. The Bertz CT molecular complexity index is 3720. The highest BCUT2D eigenvalue weighted by Gasteiger charge is 2.43. The number of rotatable bonds is 18. The molecule has 2 aromatic carbocycles. The van der Waals surface area contributed by atoms with Gasteiger partial charge in [0, 0.05) is 30.8 Å². The van der Waals surface area contributed by atoms with Gasteiger partial charge in [0.25, 0.3) is 6.04 Å². The SMILES string of the molecule is COC(=O)[C@@H]1CCCN1c1cccc(Cn2cc(-c3cc(-c4cccc(C#[N+]C5C[C@@H](C(=O)O)N(c6cccc(Cn7cc(-c8cc(-c9cccc(C#N)c9)nc(NCC(C)(C)O)n8)nn7)n6)C5)c4)nc(NCC(C)(C)O)n3)nn2)n1. The first kappa shape index (κ1) is 54.6. The molecule has 2 aliphatic rings. The Balaban J connectivity index is 0.844. The molecular formula is C57H59N18O6+. The van der Waals surface area contributed by atoms with Gasteiger partial charge in [-0.05, 0) is 101 Å². The van der Waals surface area contributed by atoms with Gasteiger partial charge in [-0.2, -0.15) is 5.26 Å². The van der Waals surface area contributed by atoms with E-state index in [1.54, 1.807) is 90.8 Å². The Morgan fingerprint density at radius 2 is 1.20 bits per heavy atom. The molecule has 24 heteroatoms. The molecule has 8 heterocycles. The molecule has 0 amide bonds. The molecule has 24 nitrogen and oxygen atoms in total. The van der Waals surface area contributed by atoms with Crippen molar-refractivity contribution < 1.29 is 29.6 Å². The first-order valence-corrected chi connectivity index (χ1v) is 26.3. The van der Waals surface area contributed by atoms with Crippen LogP contribution >= 0.6 is 0 Å². The maximum absolute atomic E-state index is 12.8. The van der Waals surface area contributed by atoms with Gasteiger partial charge in [0.1, 0.15) is 47.2 Å². The van der Waals surface area contributed by atoms with E-state index in [0.717, 1.165) is 17.7 Å². The zero-order valence-corrected chi connectivity index (χ0v) is 45.2. The van der Waals surface area contributed by atoms with Gasteiger partial charge in [-0.1, -0.05) is 51.7 Å². The maximum atomic E-state index is 12.8. The summed E-state index contributed by atoms with van der Waals surface area (Å²) in [4.78, 5) is 62.3. The third-order valence-corrected chi connectivity index (χ3v) is 13.3. The lowest BCUT2D eigenvalue weighted by Crippen LogP contribution is -2.37. The van der Waals surface area contributed by atoms with Gasteiger partial charge in [-0.3, -0.25) is 0 Å². The first-order chi connectivity index (χ1) is 38.9. The number of anilines is 4. The summed E-state index contributed by atoms with van der Waals surface area (Å²) in [5.74, 6) is 0.390. The number of hydrogen-bond acceptors (Lipinski definition) is 20. The van der Waals surface area contributed by atoms with Crippen molar-refractivity contribution in [2.24, 2.45) is 0 Å². The van der Waals surface area contributed by atoms with E-state index >= 15 is 0 Å². The molecule has 0 bridgehead atoms. The Hall–Kier alpha value is -9.78. The second-order valence-electron chi connectivity index (χ2n) is 21.1. The smallest absolute Gasteiger partial charge is 0.328 e. The quantitative estimate of drug-likeness (QED) is 0.0635. The minimum absolute atomic E-state index is 0.164. The molecule has 0 saturated carbocycles. The van der Waals surface area contributed by atoms with E-state index in [0.29, 0.717) is 87.7 Å². The molecule has 0 spiro atoms. The number of aliphatic hydroxyl groups is 2. The normalized spacial score (nSPS) is 16.1. The summed E-state index contributed by atoms with van der Waals surface area (Å²) in [7, 11) is 1.40. The second-order valence-corrected chi connectivity index (χ2v) is 21.1. The van der Waals surface area contributed by atoms with Crippen LogP contribution in [0.25, 0.3) is 50.1 Å². The number of carboxylic acid groups (broad SMARTS) is 1. The summed E-state index contributed by atoms with van der Waals surface area (Å²) >= 11 is 0. The van der Waals surface area contributed by atoms with Crippen molar-refractivity contribution in [1.29, 1.82) is 5.26 Å². The number of hydrogen-bond donors (Lipinski definition) is 5. The number of nitrogens with zero attached hydrogens (tertiary/aromatic N) is 16. The molecule has 81 heavy (non-hydrogen) atoms. The van der Waals surface area contributed by atoms with Crippen molar-refractivity contribution in [2.75, 3.05) is 53.7 Å². The average molecular weight is 1090 g/mol. The monoisotopic (exact) mass is 1090 g/mol. The lowest BCUT2D eigenvalue weighted by Gasteiger charge is -2.24. The summed E-state index contributed by atoms with van der Waals surface area (Å²) in [5.41, 5.74) is 4.70. The number of benzene rings is 2. The van der Waals surface area contributed by atoms with E-state index in [4.69, 9.17) is 29.5 Å². The van der Waals surface area contributed by atoms with Crippen molar-refractivity contribution in [3.8, 4) is 57.4 Å². The molecule has 412 valence electrons. The highest BCUT2D eigenvalue weighted by Crippen LogP contribution is 2.31. The minimum atomic E-state index is -1.07. The third-order valence-electron chi connectivity index (χ3n) is 13.3. The fraction of sp³-hybridized carbons (Fsp3) is 0.333. The lowest BCUT2D eigenvalue weighted by atomic mass is 10.1. The molecule has 3 atom stereocenters. The fourth-order valence-corrected chi connectivity index (χ4v) is 9.43. The summed E-state index contributed by atoms with van der Waals surface area (Å²) in [6.45, 7) is 8.52. The van der Waals surface area contributed by atoms with Crippen LogP contribution in [-0.2, 0) is 27.4 Å². The van der Waals surface area contributed by atoms with E-state index in [1.165, 1.54) is 7.11 Å². The van der Waals surface area contributed by atoms with E-state index < -0.39 is 29.3 Å². The second kappa shape index (κ2) is 23.3. The predicted octanol–water partition coefficient (Wildman–Crippen LogP) is 5.80. The molecule has 1 unspecified atom stereocenters. The Labute approximate surface area is 466 Å². The van der Waals surface area contributed by atoms with Gasteiger partial charge in [-0.15, -0.1) is 10.2 Å². The third kappa shape index (κ3) is 13.6. The molecule has 2 aliphatic heterocycles. The van der Waals surface area contributed by atoms with E-state index in [-0.39, 0.29) is 56.5 Å². The van der Waals surface area contributed by atoms with Crippen LogP contribution in [0.5, 0.6) is 0 Å². The Morgan fingerprint density at radius 1 is 0.679 bits per heavy atom. The summed E-state index contributed by atoms with van der Waals surface area (Å²) < 4.78 is 8.31. The van der Waals surface area contributed by atoms with Crippen molar-refractivity contribution >= 4 is 35.5 Å². The summed E-state index contributed by atoms with van der Waals surface area (Å²) in [5, 5.41) is 64.8. The zero-order valence-electron chi connectivity index (χ0n) is 45.2. The first-order valence-electron chi connectivity index (χ1n) is 26.3. The summed E-state index contributed by atoms with van der Waals surface area (Å²) in [6.07, 6.45) is 5.27. The minimum Gasteiger partial charge on any atom is -0.480 e. The summed E-state index contributed by atoms with van der Waals surface area (Å²) in [6, 6.07) is 32.8. The molecular weight excluding hydrogens is 1030 g/mol. The van der Waals surface area contributed by atoms with Gasteiger partial charge in [-0.25, -0.2) is 48.9 Å². The molecule has 0 aliphatic carbocycles. The number of esters is 1. The van der Waals surface area contributed by atoms with E-state index in [1.807, 2.05) is 65.6 Å². The molecule has 5 N–H and O–H groups in total. The number of carbonyl (C=O) groups is 2. The van der Waals surface area contributed by atoms with Crippen LogP contribution in [0.4, 0.5) is 23.5 Å². The van der Waals surface area contributed by atoms with Crippen LogP contribution in [0.1, 0.15) is 69.5 Å². The number of methoxy groups -OCH3 is 1.